The van der Waals surface area contributed by atoms with Crippen molar-refractivity contribution in [2.75, 3.05) is 19.8 Å². The fourth-order valence-electron chi connectivity index (χ4n) is 1.47. The molecule has 1 aromatic rings. The van der Waals surface area contributed by atoms with Crippen LogP contribution in [0.25, 0.3) is 0 Å². The number of aliphatic hydroxyl groups is 1. The lowest BCUT2D eigenvalue weighted by Crippen LogP contribution is -2.33. The van der Waals surface area contributed by atoms with Crippen molar-refractivity contribution < 1.29 is 9.84 Å². The maximum absolute atomic E-state index is 9.94. The van der Waals surface area contributed by atoms with E-state index in [4.69, 9.17) is 16.3 Å². The number of aliphatic hydroxyl groups excluding tert-OH is 1. The summed E-state index contributed by atoms with van der Waals surface area (Å²) in [7, 11) is 0. The van der Waals surface area contributed by atoms with Gasteiger partial charge in [0.15, 0.2) is 0 Å². The first kappa shape index (κ1) is 14.5. The molecule has 2 N–H and O–H groups in total. The van der Waals surface area contributed by atoms with Gasteiger partial charge in [0.05, 0.1) is 12.7 Å². The number of hydrogen-bond donors (Lipinski definition) is 2. The minimum Gasteiger partial charge on any atom is -0.387 e. The summed E-state index contributed by atoms with van der Waals surface area (Å²) in [5, 5.41) is 13.8. The molecule has 2 unspecified atom stereocenters. The molecular weight excluding hydrogens is 238 g/mol. The number of nitrogens with one attached hydrogen (secondary N) is 1. The van der Waals surface area contributed by atoms with Crippen LogP contribution < -0.4 is 5.32 Å². The van der Waals surface area contributed by atoms with E-state index in [0.29, 0.717) is 24.8 Å². The minimum atomic E-state index is -0.517. The van der Waals surface area contributed by atoms with Gasteiger partial charge in [-0.25, -0.2) is 0 Å². The van der Waals surface area contributed by atoms with Gasteiger partial charge in [0.25, 0.3) is 0 Å². The summed E-state index contributed by atoms with van der Waals surface area (Å²) in [6, 6.07) is 7.47. The van der Waals surface area contributed by atoms with Crippen molar-refractivity contribution in [3.8, 4) is 0 Å². The molecule has 0 spiro atoms. The highest BCUT2D eigenvalue weighted by atomic mass is 35.5. The van der Waals surface area contributed by atoms with Gasteiger partial charge in [-0.1, -0.05) is 23.7 Å². The van der Waals surface area contributed by atoms with Crippen molar-refractivity contribution in [2.45, 2.75) is 26.0 Å². The highest BCUT2D eigenvalue weighted by Gasteiger charge is 2.09. The predicted octanol–water partition coefficient (Wildman–Crippen LogP) is 2.39. The van der Waals surface area contributed by atoms with E-state index in [1.165, 1.54) is 0 Å². The molecule has 0 fully saturated rings. The topological polar surface area (TPSA) is 41.5 Å². The smallest absolute Gasteiger partial charge is 0.0914 e. The summed E-state index contributed by atoms with van der Waals surface area (Å²) in [4.78, 5) is 0. The summed E-state index contributed by atoms with van der Waals surface area (Å²) in [6.45, 7) is 5.88. The average Bonchev–Trinajstić information content (AvgIpc) is 2.34. The van der Waals surface area contributed by atoms with Crippen molar-refractivity contribution in [1.29, 1.82) is 0 Å². The van der Waals surface area contributed by atoms with E-state index in [0.717, 1.165) is 5.56 Å². The van der Waals surface area contributed by atoms with Gasteiger partial charge in [-0.2, -0.15) is 0 Å². The quantitative estimate of drug-likeness (QED) is 0.788. The Morgan fingerprint density at radius 2 is 2.00 bits per heavy atom. The third kappa shape index (κ3) is 5.50. The first-order chi connectivity index (χ1) is 8.13. The normalized spacial score (nSPS) is 14.6. The first-order valence-electron chi connectivity index (χ1n) is 5.88. The van der Waals surface area contributed by atoms with Crippen molar-refractivity contribution in [3.05, 3.63) is 34.9 Å². The van der Waals surface area contributed by atoms with Crippen LogP contribution in [0.15, 0.2) is 24.3 Å². The number of ether oxygens (including phenoxy) is 1. The molecule has 0 saturated heterocycles. The highest BCUT2D eigenvalue weighted by Crippen LogP contribution is 2.15. The Kier molecular flexibility index (Phi) is 6.52. The Balaban J connectivity index is 2.34. The Bertz CT molecular complexity index is 316. The van der Waals surface area contributed by atoms with Gasteiger partial charge < -0.3 is 15.2 Å². The zero-order valence-electron chi connectivity index (χ0n) is 10.3. The van der Waals surface area contributed by atoms with E-state index in [-0.39, 0.29) is 6.04 Å². The molecule has 2 atom stereocenters. The molecule has 0 aliphatic rings. The highest BCUT2D eigenvalue weighted by molar-refractivity contribution is 6.30. The van der Waals surface area contributed by atoms with Crippen LogP contribution in [0.3, 0.4) is 0 Å². The second kappa shape index (κ2) is 7.67. The zero-order valence-corrected chi connectivity index (χ0v) is 11.1. The largest absolute Gasteiger partial charge is 0.387 e. The molecule has 0 bridgehead atoms. The number of hydrogen-bond acceptors (Lipinski definition) is 3. The van der Waals surface area contributed by atoms with E-state index < -0.39 is 6.10 Å². The Labute approximate surface area is 108 Å². The lowest BCUT2D eigenvalue weighted by Gasteiger charge is -2.17. The number of halogens is 1. The summed E-state index contributed by atoms with van der Waals surface area (Å²) in [5.41, 5.74) is 0.866. The number of benzene rings is 1. The standard InChI is InChI=1S/C13H20ClNO2/c1-3-17-9-10(2)15-8-13(16)11-4-6-12(14)7-5-11/h4-7,10,13,15-16H,3,8-9H2,1-2H3. The van der Waals surface area contributed by atoms with Crippen molar-refractivity contribution in [3.63, 3.8) is 0 Å². The molecular formula is C13H20ClNO2. The lowest BCUT2D eigenvalue weighted by atomic mass is 10.1. The van der Waals surface area contributed by atoms with E-state index in [1.807, 2.05) is 26.0 Å². The van der Waals surface area contributed by atoms with Crippen molar-refractivity contribution >= 4 is 11.6 Å². The molecule has 3 nitrogen and oxygen atoms in total. The van der Waals surface area contributed by atoms with Gasteiger partial charge in [-0.3, -0.25) is 0 Å². The van der Waals surface area contributed by atoms with Crippen LogP contribution in [-0.4, -0.2) is 30.9 Å². The Hall–Kier alpha value is -0.610. The second-order valence-electron chi connectivity index (χ2n) is 4.04. The predicted molar refractivity (Wildman–Crippen MR) is 70.4 cm³/mol. The van der Waals surface area contributed by atoms with Crippen molar-refractivity contribution in [2.24, 2.45) is 0 Å². The molecule has 0 radical (unpaired) electrons. The van der Waals surface area contributed by atoms with Crippen LogP contribution in [0.4, 0.5) is 0 Å². The van der Waals surface area contributed by atoms with Gasteiger partial charge in [0.2, 0.25) is 0 Å². The molecule has 0 amide bonds. The van der Waals surface area contributed by atoms with Crippen molar-refractivity contribution in [1.82, 2.24) is 5.32 Å². The van der Waals surface area contributed by atoms with Gasteiger partial charge in [0, 0.05) is 24.2 Å². The molecule has 96 valence electrons. The van der Waals surface area contributed by atoms with Crippen LogP contribution in [0.2, 0.25) is 5.02 Å². The van der Waals surface area contributed by atoms with Gasteiger partial charge >= 0.3 is 0 Å². The van der Waals surface area contributed by atoms with E-state index >= 15 is 0 Å². The Morgan fingerprint density at radius 1 is 1.35 bits per heavy atom. The SMILES string of the molecule is CCOCC(C)NCC(O)c1ccc(Cl)cc1. The maximum atomic E-state index is 9.94. The zero-order chi connectivity index (χ0) is 12.7. The lowest BCUT2D eigenvalue weighted by molar-refractivity contribution is 0.116. The fraction of sp³-hybridized carbons (Fsp3) is 0.538. The van der Waals surface area contributed by atoms with Gasteiger partial charge in [-0.05, 0) is 31.5 Å². The maximum Gasteiger partial charge on any atom is 0.0914 e. The fourth-order valence-corrected chi connectivity index (χ4v) is 1.60. The third-order valence-electron chi connectivity index (χ3n) is 2.49. The van der Waals surface area contributed by atoms with Crippen LogP contribution in [-0.2, 0) is 4.74 Å². The molecule has 0 aromatic heterocycles. The second-order valence-corrected chi connectivity index (χ2v) is 4.47. The molecule has 17 heavy (non-hydrogen) atoms. The molecule has 1 rings (SSSR count). The third-order valence-corrected chi connectivity index (χ3v) is 2.74. The van der Waals surface area contributed by atoms with Crippen LogP contribution in [0.5, 0.6) is 0 Å². The van der Waals surface area contributed by atoms with E-state index in [1.54, 1.807) is 12.1 Å². The van der Waals surface area contributed by atoms with Gasteiger partial charge in [-0.15, -0.1) is 0 Å². The monoisotopic (exact) mass is 257 g/mol. The summed E-state index contributed by atoms with van der Waals surface area (Å²) in [6.07, 6.45) is -0.517. The summed E-state index contributed by atoms with van der Waals surface area (Å²) >= 11 is 5.79. The molecule has 4 heteroatoms. The van der Waals surface area contributed by atoms with E-state index in [9.17, 15) is 5.11 Å². The summed E-state index contributed by atoms with van der Waals surface area (Å²) in [5.74, 6) is 0. The molecule has 0 aliphatic carbocycles. The summed E-state index contributed by atoms with van der Waals surface area (Å²) < 4.78 is 5.29. The average molecular weight is 258 g/mol. The van der Waals surface area contributed by atoms with Crippen LogP contribution in [0.1, 0.15) is 25.5 Å². The molecule has 0 heterocycles. The minimum absolute atomic E-state index is 0.233. The van der Waals surface area contributed by atoms with Crippen LogP contribution >= 0.6 is 11.6 Å². The Morgan fingerprint density at radius 3 is 2.59 bits per heavy atom. The first-order valence-corrected chi connectivity index (χ1v) is 6.26. The van der Waals surface area contributed by atoms with Gasteiger partial charge in [0.1, 0.15) is 0 Å². The molecule has 0 saturated carbocycles. The van der Waals surface area contributed by atoms with Crippen LogP contribution in [0, 0.1) is 0 Å². The molecule has 1 aromatic carbocycles. The van der Waals surface area contributed by atoms with E-state index in [2.05, 4.69) is 5.32 Å². The molecule has 0 aliphatic heterocycles. The number of rotatable bonds is 7.